The Morgan fingerprint density at radius 1 is 1.23 bits per heavy atom. The first kappa shape index (κ1) is 19.5. The van der Waals surface area contributed by atoms with Crippen molar-refractivity contribution in [2.45, 2.75) is 51.7 Å². The van der Waals surface area contributed by atoms with Crippen molar-refractivity contribution in [1.29, 1.82) is 0 Å². The van der Waals surface area contributed by atoms with E-state index in [9.17, 15) is 4.79 Å². The fourth-order valence-electron chi connectivity index (χ4n) is 4.04. The summed E-state index contributed by atoms with van der Waals surface area (Å²) in [5.41, 5.74) is 4.42. The number of pyridine rings is 1. The second-order valence-electron chi connectivity index (χ2n) is 8.40. The maximum atomic E-state index is 13.3. The van der Waals surface area contributed by atoms with Gasteiger partial charge in [-0.3, -0.25) is 9.48 Å². The maximum Gasteiger partial charge on any atom is 0.252 e. The number of hydrogen-bond acceptors (Lipinski definition) is 4. The van der Waals surface area contributed by atoms with E-state index in [2.05, 4.69) is 22.5 Å². The van der Waals surface area contributed by atoms with Gasteiger partial charge in [-0.05, 0) is 44.4 Å². The molecule has 1 aliphatic carbocycles. The van der Waals surface area contributed by atoms with Gasteiger partial charge in [-0.25, -0.2) is 9.67 Å². The average Bonchev–Trinajstić information content (AvgIpc) is 3.41. The zero-order valence-electron chi connectivity index (χ0n) is 17.8. The molecule has 0 spiro atoms. The summed E-state index contributed by atoms with van der Waals surface area (Å²) in [4.78, 5) is 18.3. The van der Waals surface area contributed by atoms with Crippen molar-refractivity contribution < 1.29 is 4.79 Å². The lowest BCUT2D eigenvalue weighted by atomic mass is 10.1. The van der Waals surface area contributed by atoms with Crippen LogP contribution in [-0.4, -0.2) is 36.5 Å². The number of fused-ring (bicyclic) bond motifs is 1. The summed E-state index contributed by atoms with van der Waals surface area (Å²) in [6, 6.07) is 14.0. The topological polar surface area (TPSA) is 77.6 Å². The molecule has 5 rings (SSSR count). The molecule has 31 heavy (non-hydrogen) atoms. The molecule has 0 bridgehead atoms. The van der Waals surface area contributed by atoms with Crippen LogP contribution in [0.25, 0.3) is 11.0 Å². The van der Waals surface area contributed by atoms with Crippen LogP contribution < -0.4 is 5.32 Å². The summed E-state index contributed by atoms with van der Waals surface area (Å²) in [5, 5.41) is 13.0. The second kappa shape index (κ2) is 7.98. The number of carbonyl (C=O) groups excluding carboxylic acids is 1. The van der Waals surface area contributed by atoms with Gasteiger partial charge in [0.2, 0.25) is 0 Å². The minimum absolute atomic E-state index is 0.0559. The fourth-order valence-corrected chi connectivity index (χ4v) is 4.04. The van der Waals surface area contributed by atoms with Gasteiger partial charge in [-0.1, -0.05) is 30.3 Å². The highest BCUT2D eigenvalue weighted by Crippen LogP contribution is 2.40. The number of aromatic nitrogens is 5. The molecule has 3 aromatic heterocycles. The third-order valence-electron chi connectivity index (χ3n) is 5.71. The van der Waals surface area contributed by atoms with Crippen LogP contribution in [0.4, 0.5) is 0 Å². The zero-order valence-corrected chi connectivity index (χ0v) is 17.8. The normalized spacial score (nSPS) is 14.6. The number of amides is 1. The Balaban J connectivity index is 1.50. The Bertz CT molecular complexity index is 1210. The third-order valence-corrected chi connectivity index (χ3v) is 5.71. The number of nitrogens with zero attached hydrogens (tertiary/aromatic N) is 5. The molecular weight excluding hydrogens is 388 g/mol. The molecule has 1 saturated carbocycles. The SMILES string of the molecule is Cc1nn(Cc2ccccc2)c2nc(C3CC3)cc(C(=O)NC(C)Cn3cccn3)c12. The smallest absolute Gasteiger partial charge is 0.252 e. The molecule has 1 unspecified atom stereocenters. The molecule has 1 atom stereocenters. The minimum Gasteiger partial charge on any atom is -0.348 e. The van der Waals surface area contributed by atoms with Gasteiger partial charge >= 0.3 is 0 Å². The standard InChI is InChI=1S/C24H26N6O/c1-16(14-29-12-6-11-25-29)26-24(31)20-13-21(19-9-10-19)27-23-22(20)17(2)28-30(23)15-18-7-4-3-5-8-18/h3-8,11-13,16,19H,9-10,14-15H2,1-2H3,(H,26,31). The van der Waals surface area contributed by atoms with E-state index in [0.29, 0.717) is 24.6 Å². The lowest BCUT2D eigenvalue weighted by Gasteiger charge is -2.15. The third kappa shape index (κ3) is 4.08. The van der Waals surface area contributed by atoms with E-state index in [-0.39, 0.29) is 11.9 Å². The van der Waals surface area contributed by atoms with Gasteiger partial charge in [0.25, 0.3) is 5.91 Å². The molecule has 4 aromatic rings. The first-order valence-corrected chi connectivity index (χ1v) is 10.8. The lowest BCUT2D eigenvalue weighted by Crippen LogP contribution is -2.36. The summed E-state index contributed by atoms with van der Waals surface area (Å²) in [7, 11) is 0. The fraction of sp³-hybridized carbons (Fsp3) is 0.333. The van der Waals surface area contributed by atoms with E-state index in [1.807, 2.05) is 59.7 Å². The Morgan fingerprint density at radius 2 is 2.03 bits per heavy atom. The Labute approximate surface area is 181 Å². The van der Waals surface area contributed by atoms with Crippen molar-refractivity contribution >= 4 is 16.9 Å². The number of hydrogen-bond donors (Lipinski definition) is 1. The summed E-state index contributed by atoms with van der Waals surface area (Å²) in [5.74, 6) is 0.356. The van der Waals surface area contributed by atoms with Gasteiger partial charge in [-0.2, -0.15) is 10.2 Å². The molecule has 1 N–H and O–H groups in total. The Hall–Kier alpha value is -3.48. The molecule has 7 nitrogen and oxygen atoms in total. The summed E-state index contributed by atoms with van der Waals surface area (Å²) in [6.45, 7) is 5.19. The Kier molecular flexibility index (Phi) is 5.02. The molecule has 1 aliphatic rings. The van der Waals surface area contributed by atoms with Gasteiger partial charge < -0.3 is 5.32 Å². The van der Waals surface area contributed by atoms with E-state index in [4.69, 9.17) is 10.1 Å². The average molecular weight is 415 g/mol. The molecule has 0 saturated heterocycles. The summed E-state index contributed by atoms with van der Waals surface area (Å²) < 4.78 is 3.75. The minimum atomic E-state index is -0.0867. The van der Waals surface area contributed by atoms with Crippen LogP contribution in [0.1, 0.15) is 53.0 Å². The summed E-state index contributed by atoms with van der Waals surface area (Å²) >= 11 is 0. The molecule has 158 valence electrons. The van der Waals surface area contributed by atoms with Crippen LogP contribution >= 0.6 is 0 Å². The predicted molar refractivity (Wildman–Crippen MR) is 119 cm³/mol. The van der Waals surface area contributed by atoms with Crippen LogP contribution in [0.5, 0.6) is 0 Å². The predicted octanol–water partition coefficient (Wildman–Crippen LogP) is 3.68. The van der Waals surface area contributed by atoms with Gasteiger partial charge in [0.1, 0.15) is 0 Å². The second-order valence-corrected chi connectivity index (χ2v) is 8.40. The molecule has 0 radical (unpaired) electrons. The molecular formula is C24H26N6O. The van der Waals surface area contributed by atoms with Gasteiger partial charge in [0.05, 0.1) is 29.7 Å². The van der Waals surface area contributed by atoms with Gasteiger partial charge in [-0.15, -0.1) is 0 Å². The van der Waals surface area contributed by atoms with Crippen LogP contribution in [0.3, 0.4) is 0 Å². The van der Waals surface area contributed by atoms with E-state index in [1.165, 1.54) is 0 Å². The first-order chi connectivity index (χ1) is 15.1. The van der Waals surface area contributed by atoms with Crippen LogP contribution in [0.2, 0.25) is 0 Å². The van der Waals surface area contributed by atoms with Crippen LogP contribution in [-0.2, 0) is 13.1 Å². The van der Waals surface area contributed by atoms with Crippen molar-refractivity contribution in [2.75, 3.05) is 0 Å². The highest BCUT2D eigenvalue weighted by atomic mass is 16.1. The van der Waals surface area contributed by atoms with Crippen LogP contribution in [0, 0.1) is 6.92 Å². The highest BCUT2D eigenvalue weighted by Gasteiger charge is 2.29. The molecule has 7 heteroatoms. The van der Waals surface area contributed by atoms with Crippen molar-refractivity contribution in [3.63, 3.8) is 0 Å². The van der Waals surface area contributed by atoms with E-state index in [0.717, 1.165) is 40.8 Å². The molecule has 1 fully saturated rings. The van der Waals surface area contributed by atoms with Crippen LogP contribution in [0.15, 0.2) is 54.9 Å². The summed E-state index contributed by atoms with van der Waals surface area (Å²) in [6.07, 6.45) is 5.89. The number of aryl methyl sites for hydroxylation is 1. The number of carbonyl (C=O) groups is 1. The van der Waals surface area contributed by atoms with Crippen molar-refractivity contribution in [1.82, 2.24) is 29.9 Å². The molecule has 3 heterocycles. The van der Waals surface area contributed by atoms with Crippen molar-refractivity contribution in [3.8, 4) is 0 Å². The number of benzene rings is 1. The van der Waals surface area contributed by atoms with Crippen molar-refractivity contribution in [3.05, 3.63) is 77.4 Å². The number of nitrogens with one attached hydrogen (secondary N) is 1. The number of rotatable bonds is 7. The lowest BCUT2D eigenvalue weighted by molar-refractivity contribution is 0.0937. The zero-order chi connectivity index (χ0) is 21.4. The largest absolute Gasteiger partial charge is 0.348 e. The maximum absolute atomic E-state index is 13.3. The van der Waals surface area contributed by atoms with Gasteiger partial charge in [0, 0.05) is 30.0 Å². The quantitative estimate of drug-likeness (QED) is 0.500. The van der Waals surface area contributed by atoms with Gasteiger partial charge in [0.15, 0.2) is 5.65 Å². The molecule has 1 amide bonds. The van der Waals surface area contributed by atoms with E-state index in [1.54, 1.807) is 6.20 Å². The highest BCUT2D eigenvalue weighted by molar-refractivity contribution is 6.06. The monoisotopic (exact) mass is 414 g/mol. The van der Waals surface area contributed by atoms with E-state index >= 15 is 0 Å². The van der Waals surface area contributed by atoms with E-state index < -0.39 is 0 Å². The molecule has 1 aromatic carbocycles. The Morgan fingerprint density at radius 3 is 2.74 bits per heavy atom. The van der Waals surface area contributed by atoms with Crippen molar-refractivity contribution in [2.24, 2.45) is 0 Å². The first-order valence-electron chi connectivity index (χ1n) is 10.8. The molecule has 0 aliphatic heterocycles.